The molecule has 4 rings (SSSR count). The summed E-state index contributed by atoms with van der Waals surface area (Å²) in [5, 5.41) is 13.3. The molecule has 0 spiro atoms. The number of hydrogen-bond donors (Lipinski definition) is 1. The van der Waals surface area contributed by atoms with Gasteiger partial charge >= 0.3 is 0 Å². The molecule has 8 heteroatoms. The Bertz CT molecular complexity index is 1200. The topological polar surface area (TPSA) is 74.0 Å². The number of carbonyl (C=O) groups is 1. The van der Waals surface area contributed by atoms with E-state index in [0.717, 1.165) is 29.5 Å². The molecule has 0 aliphatic heterocycles. The Morgan fingerprint density at radius 2 is 1.90 bits per heavy atom. The minimum Gasteiger partial charge on any atom is -0.497 e. The van der Waals surface area contributed by atoms with Crippen LogP contribution in [0.1, 0.15) is 18.4 Å². The lowest BCUT2D eigenvalue weighted by Crippen LogP contribution is -2.26. The molecule has 7 nitrogen and oxygen atoms in total. The highest BCUT2D eigenvalue weighted by molar-refractivity contribution is 7.99. The molecule has 31 heavy (non-hydrogen) atoms. The number of thioether (sulfide) groups is 1. The van der Waals surface area contributed by atoms with Crippen molar-refractivity contribution in [3.8, 4) is 11.4 Å². The summed E-state index contributed by atoms with van der Waals surface area (Å²) in [6.07, 6.45) is 0. The van der Waals surface area contributed by atoms with Crippen LogP contribution in [0, 0.1) is 6.92 Å². The third kappa shape index (κ3) is 4.44. The number of ether oxygens (including phenoxy) is 1. The first-order valence-corrected chi connectivity index (χ1v) is 11.1. The minimum absolute atomic E-state index is 0.0418. The molecule has 0 unspecified atom stereocenters. The van der Waals surface area contributed by atoms with E-state index < -0.39 is 0 Å². The zero-order valence-electron chi connectivity index (χ0n) is 17.8. The highest BCUT2D eigenvalue weighted by Crippen LogP contribution is 2.24. The number of aryl methyl sites for hydroxylation is 2. The normalized spacial score (nSPS) is 11.1. The Hall–Kier alpha value is -3.26. The van der Waals surface area contributed by atoms with Gasteiger partial charge in [-0.1, -0.05) is 30.0 Å². The van der Waals surface area contributed by atoms with Crippen LogP contribution in [0.3, 0.4) is 0 Å². The predicted molar refractivity (Wildman–Crippen MR) is 123 cm³/mol. The smallest absolute Gasteiger partial charge is 0.230 e. The van der Waals surface area contributed by atoms with Crippen LogP contribution in [0.5, 0.6) is 5.75 Å². The second-order valence-electron chi connectivity index (χ2n) is 7.07. The van der Waals surface area contributed by atoms with Crippen molar-refractivity contribution in [2.75, 3.05) is 12.9 Å². The lowest BCUT2D eigenvalue weighted by Gasteiger charge is -2.10. The molecule has 2 aromatic heterocycles. The van der Waals surface area contributed by atoms with Gasteiger partial charge in [-0.25, -0.2) is 0 Å². The fraction of sp³-hybridized carbons (Fsp3) is 0.261. The van der Waals surface area contributed by atoms with Gasteiger partial charge in [0.2, 0.25) is 5.91 Å². The number of methoxy groups -OCH3 is 1. The van der Waals surface area contributed by atoms with Crippen LogP contribution < -0.4 is 10.1 Å². The summed E-state index contributed by atoms with van der Waals surface area (Å²) in [6.45, 7) is 5.36. The summed E-state index contributed by atoms with van der Waals surface area (Å²) in [5.74, 6) is 1.77. The lowest BCUT2D eigenvalue weighted by atomic mass is 10.2. The molecular weight excluding hydrogens is 410 g/mol. The second-order valence-corrected chi connectivity index (χ2v) is 8.01. The van der Waals surface area contributed by atoms with Gasteiger partial charge in [0.1, 0.15) is 11.6 Å². The Labute approximate surface area is 185 Å². The van der Waals surface area contributed by atoms with Gasteiger partial charge in [0.15, 0.2) is 5.16 Å². The van der Waals surface area contributed by atoms with E-state index in [0.29, 0.717) is 11.7 Å². The molecule has 2 aromatic carbocycles. The van der Waals surface area contributed by atoms with Crippen LogP contribution in [0.4, 0.5) is 0 Å². The van der Waals surface area contributed by atoms with Crippen LogP contribution in [-0.2, 0) is 17.9 Å². The van der Waals surface area contributed by atoms with Crippen molar-refractivity contribution in [3.63, 3.8) is 0 Å². The number of amides is 1. The average Bonchev–Trinajstić information content (AvgIpc) is 3.35. The summed E-state index contributed by atoms with van der Waals surface area (Å²) in [5.41, 5.74) is 3.21. The third-order valence-corrected chi connectivity index (χ3v) is 6.07. The van der Waals surface area contributed by atoms with Crippen molar-refractivity contribution >= 4 is 28.6 Å². The standard InChI is InChI=1S/C23H25N5O2S/c1-4-27-19(13-17-7-5-6-8-21(17)27)14-24-22(29)15-31-23-26-25-16(2)28(23)18-9-11-20(30-3)12-10-18/h5-13H,4,14-15H2,1-3H3,(H,24,29). The van der Waals surface area contributed by atoms with Gasteiger partial charge in [-0.3, -0.25) is 9.36 Å². The number of nitrogens with one attached hydrogen (secondary N) is 1. The second kappa shape index (κ2) is 9.26. The maximum absolute atomic E-state index is 12.5. The van der Waals surface area contributed by atoms with Crippen molar-refractivity contribution in [2.24, 2.45) is 0 Å². The summed E-state index contributed by atoms with van der Waals surface area (Å²) in [4.78, 5) is 12.5. The van der Waals surface area contributed by atoms with E-state index in [1.165, 1.54) is 22.7 Å². The molecule has 1 N–H and O–H groups in total. The fourth-order valence-corrected chi connectivity index (χ4v) is 4.45. The molecule has 0 radical (unpaired) electrons. The first-order chi connectivity index (χ1) is 15.1. The van der Waals surface area contributed by atoms with Gasteiger partial charge < -0.3 is 14.6 Å². The van der Waals surface area contributed by atoms with Gasteiger partial charge in [0, 0.05) is 23.4 Å². The van der Waals surface area contributed by atoms with Crippen molar-refractivity contribution in [3.05, 3.63) is 66.1 Å². The van der Waals surface area contributed by atoms with Crippen LogP contribution >= 0.6 is 11.8 Å². The molecule has 1 amide bonds. The molecule has 0 saturated carbocycles. The van der Waals surface area contributed by atoms with Gasteiger partial charge in [0.05, 0.1) is 19.4 Å². The summed E-state index contributed by atoms with van der Waals surface area (Å²) in [6, 6.07) is 18.1. The van der Waals surface area contributed by atoms with E-state index in [-0.39, 0.29) is 11.7 Å². The van der Waals surface area contributed by atoms with Crippen molar-refractivity contribution in [2.45, 2.75) is 32.1 Å². The predicted octanol–water partition coefficient (Wildman–Crippen LogP) is 3.97. The van der Waals surface area contributed by atoms with Gasteiger partial charge in [-0.2, -0.15) is 0 Å². The molecule has 160 valence electrons. The molecule has 4 aromatic rings. The quantitative estimate of drug-likeness (QED) is 0.424. The number of benzene rings is 2. The van der Waals surface area contributed by atoms with Gasteiger partial charge in [-0.05, 0) is 55.6 Å². The number of hydrogen-bond acceptors (Lipinski definition) is 5. The fourth-order valence-electron chi connectivity index (χ4n) is 3.62. The number of nitrogens with zero attached hydrogens (tertiary/aromatic N) is 4. The molecule has 0 saturated heterocycles. The highest BCUT2D eigenvalue weighted by Gasteiger charge is 2.14. The SMILES string of the molecule is CCn1c(CNC(=O)CSc2nnc(C)n2-c2ccc(OC)cc2)cc2ccccc21. The van der Waals surface area contributed by atoms with Crippen molar-refractivity contribution < 1.29 is 9.53 Å². The molecule has 0 aliphatic carbocycles. The van der Waals surface area contributed by atoms with Crippen molar-refractivity contribution in [1.82, 2.24) is 24.6 Å². The Morgan fingerprint density at radius 1 is 1.13 bits per heavy atom. The highest BCUT2D eigenvalue weighted by atomic mass is 32.2. The largest absolute Gasteiger partial charge is 0.497 e. The Kier molecular flexibility index (Phi) is 6.27. The van der Waals surface area contributed by atoms with Gasteiger partial charge in [-0.15, -0.1) is 10.2 Å². The zero-order valence-corrected chi connectivity index (χ0v) is 18.6. The van der Waals surface area contributed by atoms with Crippen molar-refractivity contribution in [1.29, 1.82) is 0 Å². The number of para-hydroxylation sites is 1. The number of carbonyl (C=O) groups excluding carboxylic acids is 1. The minimum atomic E-state index is -0.0418. The maximum Gasteiger partial charge on any atom is 0.230 e. The molecule has 2 heterocycles. The third-order valence-electron chi connectivity index (χ3n) is 5.14. The summed E-state index contributed by atoms with van der Waals surface area (Å²) in [7, 11) is 1.64. The summed E-state index contributed by atoms with van der Waals surface area (Å²) >= 11 is 1.37. The van der Waals surface area contributed by atoms with E-state index in [9.17, 15) is 4.79 Å². The lowest BCUT2D eigenvalue weighted by molar-refractivity contribution is -0.118. The molecular formula is C23H25N5O2S. The van der Waals surface area contributed by atoms with E-state index in [1.807, 2.05) is 47.9 Å². The molecule has 0 atom stereocenters. The zero-order chi connectivity index (χ0) is 21.8. The van der Waals surface area contributed by atoms with E-state index >= 15 is 0 Å². The molecule has 0 fully saturated rings. The van der Waals surface area contributed by atoms with Gasteiger partial charge in [0.25, 0.3) is 0 Å². The summed E-state index contributed by atoms with van der Waals surface area (Å²) < 4.78 is 9.39. The van der Waals surface area contributed by atoms with Crippen LogP contribution in [0.25, 0.3) is 16.6 Å². The molecule has 0 bridgehead atoms. The average molecular weight is 436 g/mol. The Morgan fingerprint density at radius 3 is 2.65 bits per heavy atom. The number of fused-ring (bicyclic) bond motifs is 1. The number of rotatable bonds is 8. The van der Waals surface area contributed by atoms with Crippen LogP contribution in [-0.4, -0.2) is 38.1 Å². The van der Waals surface area contributed by atoms with E-state index in [1.54, 1.807) is 7.11 Å². The van der Waals surface area contributed by atoms with Crippen LogP contribution in [0.2, 0.25) is 0 Å². The molecule has 0 aliphatic rings. The van der Waals surface area contributed by atoms with E-state index in [2.05, 4.69) is 45.2 Å². The Balaban J connectivity index is 1.41. The first-order valence-electron chi connectivity index (χ1n) is 10.1. The maximum atomic E-state index is 12.5. The monoisotopic (exact) mass is 435 g/mol. The number of aromatic nitrogens is 4. The first kappa shape index (κ1) is 21.0. The van der Waals surface area contributed by atoms with Crippen LogP contribution in [0.15, 0.2) is 59.8 Å². The van der Waals surface area contributed by atoms with E-state index in [4.69, 9.17) is 4.74 Å².